The highest BCUT2D eigenvalue weighted by atomic mass is 19.1. The standard InChI is InChI=1S/C30H30FN7O4/c1-32-22-8-16(31)7-18-17(22)9-23-26(18)27(37-13-24-25(14-37)42-5-4-36(24)3)20(11-34-23)15-6-19-28(39)21(30(40)41)12-38(33-2)29(19)35-10-15/h6-8,10-12,24-25,32-33H,4-5,9,13-14H2,1-3H3,(H,40,41)/t24?,25-/m1/s1. The molecule has 5 heterocycles. The van der Waals surface area contributed by atoms with Crippen LogP contribution in [0.15, 0.2) is 41.6 Å². The van der Waals surface area contributed by atoms with Crippen molar-refractivity contribution in [1.29, 1.82) is 0 Å². The number of nitrogens with zero attached hydrogens (tertiary/aromatic N) is 5. The van der Waals surface area contributed by atoms with Crippen molar-refractivity contribution in [2.24, 2.45) is 0 Å². The van der Waals surface area contributed by atoms with E-state index in [-0.39, 0.29) is 28.9 Å². The van der Waals surface area contributed by atoms with Crippen LogP contribution in [-0.2, 0) is 11.2 Å². The Morgan fingerprint density at radius 3 is 2.71 bits per heavy atom. The van der Waals surface area contributed by atoms with Gasteiger partial charge in [0.15, 0.2) is 5.65 Å². The first-order valence-corrected chi connectivity index (χ1v) is 13.8. The summed E-state index contributed by atoms with van der Waals surface area (Å²) in [6, 6.07) is 4.92. The number of anilines is 2. The van der Waals surface area contributed by atoms with Crippen molar-refractivity contribution in [3.8, 4) is 22.3 Å². The van der Waals surface area contributed by atoms with Crippen LogP contribution in [-0.4, -0.2) is 90.1 Å². The molecule has 4 aromatic rings. The predicted molar refractivity (Wildman–Crippen MR) is 158 cm³/mol. The number of benzene rings is 1. The normalized spacial score (nSPS) is 19.5. The third-order valence-electron chi connectivity index (χ3n) is 8.75. The molecule has 2 fully saturated rings. The number of rotatable bonds is 5. The molecule has 3 aromatic heterocycles. The van der Waals surface area contributed by atoms with Gasteiger partial charge in [0.25, 0.3) is 0 Å². The van der Waals surface area contributed by atoms with Gasteiger partial charge in [0.05, 0.1) is 35.5 Å². The van der Waals surface area contributed by atoms with Gasteiger partial charge in [-0.15, -0.1) is 0 Å². The van der Waals surface area contributed by atoms with Gasteiger partial charge in [-0.2, -0.15) is 0 Å². The zero-order chi connectivity index (χ0) is 29.3. The number of carboxylic acid groups (broad SMARTS) is 1. The molecule has 2 saturated heterocycles. The van der Waals surface area contributed by atoms with Gasteiger partial charge in [-0.3, -0.25) is 14.7 Å². The number of morpholine rings is 1. The summed E-state index contributed by atoms with van der Waals surface area (Å²) < 4.78 is 22.5. The minimum atomic E-state index is -1.32. The summed E-state index contributed by atoms with van der Waals surface area (Å²) in [5, 5.41) is 13.0. The maximum atomic E-state index is 14.9. The van der Waals surface area contributed by atoms with E-state index < -0.39 is 11.4 Å². The lowest BCUT2D eigenvalue weighted by atomic mass is 9.97. The Hall–Kier alpha value is -4.55. The number of aromatic carboxylic acids is 1. The van der Waals surface area contributed by atoms with Crippen LogP contribution in [0.1, 0.15) is 21.6 Å². The molecule has 3 N–H and O–H groups in total. The second-order valence-electron chi connectivity index (χ2n) is 11.0. The molecule has 0 radical (unpaired) electrons. The molecule has 1 aliphatic carbocycles. The fourth-order valence-electron chi connectivity index (χ4n) is 6.66. The number of nitrogens with one attached hydrogen (secondary N) is 2. The van der Waals surface area contributed by atoms with Gasteiger partial charge in [0.2, 0.25) is 5.43 Å². The van der Waals surface area contributed by atoms with Crippen LogP contribution in [0.3, 0.4) is 0 Å². The molecule has 2 atom stereocenters. The van der Waals surface area contributed by atoms with Crippen LogP contribution in [0.2, 0.25) is 0 Å². The fraction of sp³-hybridized carbons (Fsp3) is 0.333. The average molecular weight is 572 g/mol. The van der Waals surface area contributed by atoms with Crippen LogP contribution in [0.5, 0.6) is 0 Å². The van der Waals surface area contributed by atoms with Crippen molar-refractivity contribution < 1.29 is 19.0 Å². The average Bonchev–Trinajstić information content (AvgIpc) is 3.59. The van der Waals surface area contributed by atoms with Gasteiger partial charge < -0.3 is 25.5 Å². The molecule has 3 aliphatic rings. The number of ether oxygens (including phenoxy) is 1. The smallest absolute Gasteiger partial charge is 0.341 e. The first kappa shape index (κ1) is 26.4. The number of fused-ring (bicyclic) bond motifs is 5. The summed E-state index contributed by atoms with van der Waals surface area (Å²) in [5.41, 5.74) is 8.57. The van der Waals surface area contributed by atoms with E-state index in [4.69, 9.17) is 9.72 Å². The molecular formula is C30H30FN7O4. The highest BCUT2D eigenvalue weighted by Gasteiger charge is 2.41. The number of carboxylic acids is 1. The van der Waals surface area contributed by atoms with E-state index in [9.17, 15) is 19.1 Å². The lowest BCUT2D eigenvalue weighted by Crippen LogP contribution is -2.48. The third kappa shape index (κ3) is 3.93. The molecule has 1 unspecified atom stereocenters. The molecule has 0 bridgehead atoms. The quantitative estimate of drug-likeness (QED) is 0.290. The van der Waals surface area contributed by atoms with Crippen LogP contribution in [0, 0.1) is 5.82 Å². The van der Waals surface area contributed by atoms with Gasteiger partial charge in [-0.25, -0.2) is 18.8 Å². The lowest BCUT2D eigenvalue weighted by molar-refractivity contribution is -0.0362. The van der Waals surface area contributed by atoms with Crippen LogP contribution < -0.4 is 21.1 Å². The second kappa shape index (κ2) is 9.78. The van der Waals surface area contributed by atoms with Gasteiger partial charge >= 0.3 is 5.97 Å². The molecule has 7 rings (SSSR count). The minimum Gasteiger partial charge on any atom is -0.477 e. The van der Waals surface area contributed by atoms with E-state index in [2.05, 4.69) is 32.6 Å². The molecule has 12 heteroatoms. The van der Waals surface area contributed by atoms with Crippen molar-refractivity contribution in [1.82, 2.24) is 19.5 Å². The van der Waals surface area contributed by atoms with Crippen molar-refractivity contribution >= 4 is 28.4 Å². The number of halogens is 1. The van der Waals surface area contributed by atoms with Crippen molar-refractivity contribution in [2.45, 2.75) is 18.6 Å². The van der Waals surface area contributed by atoms with Crippen molar-refractivity contribution in [3.63, 3.8) is 0 Å². The highest BCUT2D eigenvalue weighted by molar-refractivity contribution is 5.98. The van der Waals surface area contributed by atoms with Crippen LogP contribution >= 0.6 is 0 Å². The van der Waals surface area contributed by atoms with Crippen molar-refractivity contribution in [2.75, 3.05) is 63.0 Å². The van der Waals surface area contributed by atoms with E-state index in [0.717, 1.165) is 45.9 Å². The summed E-state index contributed by atoms with van der Waals surface area (Å²) >= 11 is 0. The number of hydrogen-bond donors (Lipinski definition) is 3. The Morgan fingerprint density at radius 1 is 1.14 bits per heavy atom. The van der Waals surface area contributed by atoms with E-state index >= 15 is 0 Å². The van der Waals surface area contributed by atoms with Gasteiger partial charge in [-0.05, 0) is 36.4 Å². The third-order valence-corrected chi connectivity index (χ3v) is 8.75. The topological polar surface area (TPSA) is 125 Å². The number of likely N-dealkylation sites (N-methyl/N-ethyl adjacent to an activating group) is 1. The maximum absolute atomic E-state index is 14.9. The molecule has 216 valence electrons. The lowest BCUT2D eigenvalue weighted by Gasteiger charge is -2.33. The number of pyridine rings is 3. The van der Waals surface area contributed by atoms with E-state index in [1.807, 2.05) is 0 Å². The Morgan fingerprint density at radius 2 is 1.98 bits per heavy atom. The molecule has 0 amide bonds. The summed E-state index contributed by atoms with van der Waals surface area (Å²) in [6.07, 6.45) is 5.24. The first-order valence-electron chi connectivity index (χ1n) is 13.8. The van der Waals surface area contributed by atoms with Crippen molar-refractivity contribution in [3.05, 3.63) is 69.7 Å². The zero-order valence-corrected chi connectivity index (χ0v) is 23.4. The second-order valence-corrected chi connectivity index (χ2v) is 11.0. The molecule has 0 spiro atoms. The SMILES string of the molecule is CNc1cc(F)cc2c1Cc1ncc(-c3cnc4c(c3)c(=O)c(C(=O)O)cn4NC)c(N3CC4[C@@H](C3)OCCN4C)c1-2. The molecule has 42 heavy (non-hydrogen) atoms. The van der Waals surface area contributed by atoms with E-state index in [0.29, 0.717) is 37.3 Å². The Bertz CT molecular complexity index is 1840. The highest BCUT2D eigenvalue weighted by Crippen LogP contribution is 2.49. The van der Waals surface area contributed by atoms with Crippen LogP contribution in [0.25, 0.3) is 33.3 Å². The summed E-state index contributed by atoms with van der Waals surface area (Å²) in [4.78, 5) is 39.1. The molecule has 1 aromatic carbocycles. The minimum absolute atomic E-state index is 0.0114. The van der Waals surface area contributed by atoms with Gasteiger partial charge in [0.1, 0.15) is 11.4 Å². The summed E-state index contributed by atoms with van der Waals surface area (Å²) in [7, 11) is 5.50. The molecular weight excluding hydrogens is 541 g/mol. The van der Waals surface area contributed by atoms with E-state index in [1.165, 1.54) is 16.9 Å². The molecule has 11 nitrogen and oxygen atoms in total. The molecule has 2 aliphatic heterocycles. The Labute approximate surface area is 240 Å². The maximum Gasteiger partial charge on any atom is 0.341 e. The number of carbonyl (C=O) groups is 1. The first-order chi connectivity index (χ1) is 20.3. The number of hydrogen-bond acceptors (Lipinski definition) is 9. The monoisotopic (exact) mass is 571 g/mol. The predicted octanol–water partition coefficient (Wildman–Crippen LogP) is 2.60. The fourth-order valence-corrected chi connectivity index (χ4v) is 6.66. The largest absolute Gasteiger partial charge is 0.477 e. The van der Waals surface area contributed by atoms with E-state index in [1.54, 1.807) is 38.6 Å². The zero-order valence-electron chi connectivity index (χ0n) is 23.4. The van der Waals surface area contributed by atoms with Gasteiger partial charge in [0, 0.05) is 81.1 Å². The Balaban J connectivity index is 1.48. The summed E-state index contributed by atoms with van der Waals surface area (Å²) in [6.45, 7) is 2.84. The summed E-state index contributed by atoms with van der Waals surface area (Å²) in [5.74, 6) is -1.67. The Kier molecular flexibility index (Phi) is 6.13. The molecule has 0 saturated carbocycles. The van der Waals surface area contributed by atoms with Gasteiger partial charge in [-0.1, -0.05) is 0 Å². The van der Waals surface area contributed by atoms with Crippen LogP contribution in [0.4, 0.5) is 15.8 Å². The number of aromatic nitrogens is 3.